The van der Waals surface area contributed by atoms with E-state index in [1.807, 2.05) is 0 Å². The maximum absolute atomic E-state index is 12.8. The van der Waals surface area contributed by atoms with Gasteiger partial charge in [0.2, 0.25) is 0 Å². The van der Waals surface area contributed by atoms with Crippen LogP contribution in [0.1, 0.15) is 278 Å². The number of carbonyl (C=O) groups excluding carboxylic acids is 3. The second-order valence-electron chi connectivity index (χ2n) is 19.2. The number of allylic oxidation sites excluding steroid dienone is 14. The highest BCUT2D eigenvalue weighted by atomic mass is 16.6. The summed E-state index contributed by atoms with van der Waals surface area (Å²) < 4.78 is 16.8. The lowest BCUT2D eigenvalue weighted by Crippen LogP contribution is -2.30. The van der Waals surface area contributed by atoms with Crippen molar-refractivity contribution in [2.24, 2.45) is 0 Å². The molecule has 69 heavy (non-hydrogen) atoms. The Morgan fingerprint density at radius 3 is 0.884 bits per heavy atom. The molecule has 0 aliphatic rings. The van der Waals surface area contributed by atoms with Crippen LogP contribution in [0, 0.1) is 0 Å². The molecule has 0 bridgehead atoms. The summed E-state index contributed by atoms with van der Waals surface area (Å²) in [5.74, 6) is -0.950. The molecule has 6 heteroatoms. The van der Waals surface area contributed by atoms with E-state index in [-0.39, 0.29) is 37.5 Å². The Morgan fingerprint density at radius 2 is 0.565 bits per heavy atom. The fraction of sp³-hybridized carbons (Fsp3) is 0.730. The van der Waals surface area contributed by atoms with Crippen LogP contribution in [0.2, 0.25) is 0 Å². The zero-order valence-corrected chi connectivity index (χ0v) is 45.3. The first-order chi connectivity index (χ1) is 34.0. The predicted octanol–water partition coefficient (Wildman–Crippen LogP) is 19.5. The Kier molecular flexibility index (Phi) is 54.3. The minimum Gasteiger partial charge on any atom is -0.462 e. The third-order valence-electron chi connectivity index (χ3n) is 12.4. The predicted molar refractivity (Wildman–Crippen MR) is 297 cm³/mol. The molecule has 0 aliphatic heterocycles. The van der Waals surface area contributed by atoms with Gasteiger partial charge in [0, 0.05) is 19.3 Å². The molecule has 0 aromatic carbocycles. The van der Waals surface area contributed by atoms with Gasteiger partial charge in [0.25, 0.3) is 0 Å². The average molecular weight is 962 g/mol. The molecule has 1 unspecified atom stereocenters. The van der Waals surface area contributed by atoms with Crippen LogP contribution in [0.25, 0.3) is 0 Å². The van der Waals surface area contributed by atoms with Gasteiger partial charge in [0.15, 0.2) is 6.10 Å². The summed E-state index contributed by atoms with van der Waals surface area (Å²) in [6.07, 6.45) is 74.6. The van der Waals surface area contributed by atoms with Gasteiger partial charge in [-0.1, -0.05) is 273 Å². The lowest BCUT2D eigenvalue weighted by Gasteiger charge is -2.18. The van der Waals surface area contributed by atoms with Crippen LogP contribution in [-0.4, -0.2) is 37.2 Å². The first-order valence-electron chi connectivity index (χ1n) is 29.1. The van der Waals surface area contributed by atoms with Gasteiger partial charge in [-0.2, -0.15) is 0 Å². The van der Waals surface area contributed by atoms with Gasteiger partial charge < -0.3 is 14.2 Å². The molecule has 0 spiro atoms. The number of hydrogen-bond donors (Lipinski definition) is 0. The van der Waals surface area contributed by atoms with E-state index < -0.39 is 6.10 Å². The van der Waals surface area contributed by atoms with E-state index in [1.54, 1.807) is 0 Å². The quantitative estimate of drug-likeness (QED) is 0.0262. The van der Waals surface area contributed by atoms with Gasteiger partial charge >= 0.3 is 17.9 Å². The van der Waals surface area contributed by atoms with Gasteiger partial charge in [0.05, 0.1) is 0 Å². The molecule has 396 valence electrons. The number of unbranched alkanes of at least 4 members (excludes halogenated alkanes) is 27. The molecule has 0 aromatic heterocycles. The van der Waals surface area contributed by atoms with Crippen LogP contribution in [0.15, 0.2) is 85.1 Å². The highest BCUT2D eigenvalue weighted by Gasteiger charge is 2.19. The van der Waals surface area contributed by atoms with E-state index in [9.17, 15) is 14.4 Å². The number of carbonyl (C=O) groups is 3. The second-order valence-corrected chi connectivity index (χ2v) is 19.2. The SMILES string of the molecule is CC/C=C\C/C=C\C/C=C\C/C=C\C/C=C\C/C=C\C/C=C\CCCC(=O)OCC(COC(=O)CCCCCCCCCC)OC(=O)CCCCCCCCCCCCCCCCCCCCCC. The van der Waals surface area contributed by atoms with Crippen molar-refractivity contribution in [3.05, 3.63) is 85.1 Å². The molecule has 0 saturated carbocycles. The fourth-order valence-corrected chi connectivity index (χ4v) is 8.08. The highest BCUT2D eigenvalue weighted by molar-refractivity contribution is 5.71. The summed E-state index contributed by atoms with van der Waals surface area (Å²) in [6, 6.07) is 0. The van der Waals surface area contributed by atoms with Gasteiger partial charge in [-0.25, -0.2) is 0 Å². The van der Waals surface area contributed by atoms with Crippen molar-refractivity contribution in [3.63, 3.8) is 0 Å². The number of esters is 3. The van der Waals surface area contributed by atoms with Crippen LogP contribution in [-0.2, 0) is 28.6 Å². The van der Waals surface area contributed by atoms with Crippen LogP contribution < -0.4 is 0 Å². The first-order valence-corrected chi connectivity index (χ1v) is 29.1. The number of ether oxygens (including phenoxy) is 3. The topological polar surface area (TPSA) is 78.9 Å². The monoisotopic (exact) mass is 961 g/mol. The third-order valence-corrected chi connectivity index (χ3v) is 12.4. The molecule has 0 rings (SSSR count). The Balaban J connectivity index is 4.32. The maximum atomic E-state index is 12.8. The number of rotatable bonds is 52. The molecule has 6 nitrogen and oxygen atoms in total. The minimum atomic E-state index is -0.796. The average Bonchev–Trinajstić information content (AvgIpc) is 3.35. The zero-order valence-electron chi connectivity index (χ0n) is 45.3. The van der Waals surface area contributed by atoms with Gasteiger partial charge in [-0.05, 0) is 70.6 Å². The van der Waals surface area contributed by atoms with Crippen LogP contribution in [0.3, 0.4) is 0 Å². The molecular formula is C63H108O6. The molecule has 0 aromatic rings. The van der Waals surface area contributed by atoms with E-state index in [4.69, 9.17) is 14.2 Å². The molecule has 0 amide bonds. The van der Waals surface area contributed by atoms with E-state index in [2.05, 4.69) is 106 Å². The zero-order chi connectivity index (χ0) is 50.0. The normalized spacial score (nSPS) is 12.7. The Labute approximate surface area is 426 Å². The summed E-state index contributed by atoms with van der Waals surface area (Å²) in [7, 11) is 0. The molecule has 0 heterocycles. The summed E-state index contributed by atoms with van der Waals surface area (Å²) in [6.45, 7) is 6.47. The summed E-state index contributed by atoms with van der Waals surface area (Å²) in [5, 5.41) is 0. The van der Waals surface area contributed by atoms with Crippen molar-refractivity contribution < 1.29 is 28.6 Å². The van der Waals surface area contributed by atoms with Crippen molar-refractivity contribution in [3.8, 4) is 0 Å². The van der Waals surface area contributed by atoms with Gasteiger partial charge in [0.1, 0.15) is 13.2 Å². The lowest BCUT2D eigenvalue weighted by molar-refractivity contribution is -0.167. The largest absolute Gasteiger partial charge is 0.462 e. The second kappa shape index (κ2) is 57.2. The van der Waals surface area contributed by atoms with Gasteiger partial charge in [-0.15, -0.1) is 0 Å². The molecule has 0 aliphatic carbocycles. The molecular weight excluding hydrogens is 853 g/mol. The lowest BCUT2D eigenvalue weighted by atomic mass is 10.0. The molecule has 0 radical (unpaired) electrons. The molecule has 0 N–H and O–H groups in total. The standard InChI is InChI=1S/C63H108O6/c1-4-7-10-13-16-19-21-23-25-27-29-31-32-33-35-36-38-40-42-44-47-50-53-56-62(65)68-59-60(58-67-61(64)55-52-49-46-18-15-12-9-6-3)69-63(66)57-54-51-48-45-43-41-39-37-34-30-28-26-24-22-20-17-14-11-8-5-2/h7,10,16,19,23,25,29,31,33,35,38,40,44,47,60H,4-6,8-9,11-15,17-18,20-22,24,26-28,30,32,34,36-37,39,41-43,45-46,48-59H2,1-3H3/b10-7-,19-16-,25-23-,31-29-,35-33-,40-38-,47-44-. The first kappa shape index (κ1) is 65.6. The minimum absolute atomic E-state index is 0.0918. The van der Waals surface area contributed by atoms with Crippen molar-refractivity contribution in [2.75, 3.05) is 13.2 Å². The third kappa shape index (κ3) is 55.4. The fourth-order valence-electron chi connectivity index (χ4n) is 8.08. The molecule has 1 atom stereocenters. The maximum Gasteiger partial charge on any atom is 0.306 e. The van der Waals surface area contributed by atoms with Crippen LogP contribution >= 0.6 is 0 Å². The Bertz CT molecular complexity index is 1330. The highest BCUT2D eigenvalue weighted by Crippen LogP contribution is 2.16. The Hall–Kier alpha value is -3.41. The Morgan fingerprint density at radius 1 is 0.304 bits per heavy atom. The van der Waals surface area contributed by atoms with E-state index in [0.29, 0.717) is 19.3 Å². The molecule has 0 fully saturated rings. The van der Waals surface area contributed by atoms with E-state index in [1.165, 1.54) is 141 Å². The van der Waals surface area contributed by atoms with Crippen LogP contribution in [0.5, 0.6) is 0 Å². The van der Waals surface area contributed by atoms with Crippen molar-refractivity contribution >= 4 is 17.9 Å². The summed E-state index contributed by atoms with van der Waals surface area (Å²) in [5.41, 5.74) is 0. The number of hydrogen-bond acceptors (Lipinski definition) is 6. The summed E-state index contributed by atoms with van der Waals surface area (Å²) in [4.78, 5) is 38.0. The van der Waals surface area contributed by atoms with Crippen molar-refractivity contribution in [1.29, 1.82) is 0 Å². The molecule has 0 saturated heterocycles. The van der Waals surface area contributed by atoms with Crippen molar-refractivity contribution in [1.82, 2.24) is 0 Å². The smallest absolute Gasteiger partial charge is 0.306 e. The summed E-state index contributed by atoms with van der Waals surface area (Å²) >= 11 is 0. The van der Waals surface area contributed by atoms with E-state index >= 15 is 0 Å². The van der Waals surface area contributed by atoms with E-state index in [0.717, 1.165) is 89.9 Å². The van der Waals surface area contributed by atoms with Crippen molar-refractivity contribution in [2.45, 2.75) is 284 Å². The van der Waals surface area contributed by atoms with Crippen LogP contribution in [0.4, 0.5) is 0 Å². The van der Waals surface area contributed by atoms with Gasteiger partial charge in [-0.3, -0.25) is 14.4 Å².